The lowest BCUT2D eigenvalue weighted by Gasteiger charge is -2.24. The number of nitrogens with zero attached hydrogens (tertiary/aromatic N) is 1. The van der Waals surface area contributed by atoms with E-state index >= 15 is 0 Å². The van der Waals surface area contributed by atoms with Crippen LogP contribution in [0.15, 0.2) is 12.1 Å². The molecule has 1 saturated heterocycles. The van der Waals surface area contributed by atoms with Crippen molar-refractivity contribution in [3.05, 3.63) is 12.1 Å². The van der Waals surface area contributed by atoms with Crippen molar-refractivity contribution >= 4 is 21.3 Å². The summed E-state index contributed by atoms with van der Waals surface area (Å²) in [5.74, 6) is 1.47. The van der Waals surface area contributed by atoms with Gasteiger partial charge in [-0.3, -0.25) is 0 Å². The molecule has 0 aliphatic carbocycles. The molecule has 100 valence electrons. The predicted octanol–water partition coefficient (Wildman–Crippen LogP) is 0.661. The van der Waals surface area contributed by atoms with Gasteiger partial charge in [0, 0.05) is 12.1 Å². The third kappa shape index (κ3) is 3.04. The van der Waals surface area contributed by atoms with Crippen molar-refractivity contribution in [1.82, 2.24) is 4.98 Å². The van der Waals surface area contributed by atoms with E-state index in [0.29, 0.717) is 30.2 Å². The average Bonchev–Trinajstić information content (AvgIpc) is 2.34. The molecule has 0 aromatic carbocycles. The van der Waals surface area contributed by atoms with E-state index in [-0.39, 0.29) is 17.5 Å². The Bertz CT molecular complexity index is 516. The van der Waals surface area contributed by atoms with Gasteiger partial charge in [0.05, 0.1) is 24.3 Å². The molecule has 0 bridgehead atoms. The maximum absolute atomic E-state index is 11.3. The fraction of sp³-hybridized carbons (Fsp3) is 0.545. The summed E-state index contributed by atoms with van der Waals surface area (Å²) >= 11 is 0. The number of rotatable bonds is 3. The maximum atomic E-state index is 11.3. The second kappa shape index (κ2) is 5.01. The smallest absolute Gasteiger partial charge is 0.215 e. The predicted molar refractivity (Wildman–Crippen MR) is 70.5 cm³/mol. The zero-order chi connectivity index (χ0) is 13.2. The summed E-state index contributed by atoms with van der Waals surface area (Å²) in [6.07, 6.45) is 1.17. The van der Waals surface area contributed by atoms with E-state index in [2.05, 4.69) is 10.3 Å². The van der Waals surface area contributed by atoms with Gasteiger partial charge in [-0.05, 0) is 18.9 Å². The third-order valence-electron chi connectivity index (χ3n) is 3.01. The van der Waals surface area contributed by atoms with Crippen molar-refractivity contribution in [2.24, 2.45) is 0 Å². The van der Waals surface area contributed by atoms with E-state index in [0.717, 1.165) is 0 Å². The van der Waals surface area contributed by atoms with Crippen molar-refractivity contribution in [2.45, 2.75) is 18.9 Å². The molecule has 1 aliphatic rings. The lowest BCUT2D eigenvalue weighted by molar-refractivity contribution is 0.398. The number of nitrogen functional groups attached to an aromatic ring is 1. The topological polar surface area (TPSA) is 94.3 Å². The molecule has 0 spiro atoms. The molecule has 0 saturated carbocycles. The first-order chi connectivity index (χ1) is 8.50. The highest BCUT2D eigenvalue weighted by Crippen LogP contribution is 2.23. The molecule has 3 N–H and O–H groups in total. The Morgan fingerprint density at radius 3 is 2.67 bits per heavy atom. The number of pyridine rings is 1. The normalized spacial score (nSPS) is 19.4. The summed E-state index contributed by atoms with van der Waals surface area (Å²) in [6.45, 7) is 0. The fourth-order valence-electron chi connectivity index (χ4n) is 1.91. The Labute approximate surface area is 106 Å². The third-order valence-corrected chi connectivity index (χ3v) is 4.72. The van der Waals surface area contributed by atoms with Crippen LogP contribution < -0.4 is 15.8 Å². The Balaban J connectivity index is 2.06. The Morgan fingerprint density at radius 1 is 1.39 bits per heavy atom. The lowest BCUT2D eigenvalue weighted by Crippen LogP contribution is -2.32. The van der Waals surface area contributed by atoms with Gasteiger partial charge in [0.25, 0.3) is 0 Å². The number of sulfone groups is 1. The van der Waals surface area contributed by atoms with E-state index in [9.17, 15) is 8.42 Å². The van der Waals surface area contributed by atoms with Crippen LogP contribution in [0.4, 0.5) is 11.5 Å². The Kier molecular flexibility index (Phi) is 3.60. The van der Waals surface area contributed by atoms with Gasteiger partial charge in [-0.15, -0.1) is 0 Å². The molecule has 1 aliphatic heterocycles. The maximum Gasteiger partial charge on any atom is 0.215 e. The van der Waals surface area contributed by atoms with Crippen molar-refractivity contribution < 1.29 is 13.2 Å². The van der Waals surface area contributed by atoms with Crippen LogP contribution in [0, 0.1) is 0 Å². The van der Waals surface area contributed by atoms with Crippen LogP contribution in [0.25, 0.3) is 0 Å². The molecule has 1 aromatic rings. The Morgan fingerprint density at radius 2 is 2.06 bits per heavy atom. The van der Waals surface area contributed by atoms with Crippen molar-refractivity contribution in [3.63, 3.8) is 0 Å². The first kappa shape index (κ1) is 12.9. The highest BCUT2D eigenvalue weighted by atomic mass is 32.2. The van der Waals surface area contributed by atoms with Crippen LogP contribution in [0.5, 0.6) is 5.88 Å². The van der Waals surface area contributed by atoms with Crippen LogP contribution in [-0.4, -0.2) is 38.1 Å². The van der Waals surface area contributed by atoms with Crippen molar-refractivity contribution in [2.75, 3.05) is 29.7 Å². The summed E-state index contributed by atoms with van der Waals surface area (Å²) in [4.78, 5) is 4.21. The van der Waals surface area contributed by atoms with Crippen LogP contribution in [0.3, 0.4) is 0 Å². The van der Waals surface area contributed by atoms with Gasteiger partial charge in [-0.25, -0.2) is 8.42 Å². The molecule has 6 nitrogen and oxygen atoms in total. The number of hydrogen-bond acceptors (Lipinski definition) is 6. The highest BCUT2D eigenvalue weighted by Gasteiger charge is 2.24. The number of nitrogens with one attached hydrogen (secondary N) is 1. The fourth-order valence-corrected chi connectivity index (χ4v) is 3.40. The molecule has 2 rings (SSSR count). The van der Waals surface area contributed by atoms with Gasteiger partial charge in [-0.2, -0.15) is 4.98 Å². The van der Waals surface area contributed by atoms with E-state index in [4.69, 9.17) is 10.5 Å². The van der Waals surface area contributed by atoms with Crippen LogP contribution in [-0.2, 0) is 9.84 Å². The van der Waals surface area contributed by atoms with Crippen molar-refractivity contribution in [1.29, 1.82) is 0 Å². The largest absolute Gasteiger partial charge is 0.481 e. The van der Waals surface area contributed by atoms with Crippen LogP contribution in [0.2, 0.25) is 0 Å². The van der Waals surface area contributed by atoms with Gasteiger partial charge in [0.15, 0.2) is 5.82 Å². The number of nitrogens with two attached hydrogens (primary N) is 1. The van der Waals surface area contributed by atoms with Gasteiger partial charge in [0.1, 0.15) is 9.84 Å². The average molecular weight is 271 g/mol. The molecule has 7 heteroatoms. The minimum absolute atomic E-state index is 0.0930. The monoisotopic (exact) mass is 271 g/mol. The summed E-state index contributed by atoms with van der Waals surface area (Å²) in [7, 11) is -1.31. The van der Waals surface area contributed by atoms with E-state index in [1.807, 2.05) is 0 Å². The molecule has 0 unspecified atom stereocenters. The zero-order valence-electron chi connectivity index (χ0n) is 10.2. The Hall–Kier alpha value is -1.50. The molecule has 0 atom stereocenters. The summed E-state index contributed by atoms with van der Waals surface area (Å²) in [5.41, 5.74) is 6.35. The molecule has 18 heavy (non-hydrogen) atoms. The quantitative estimate of drug-likeness (QED) is 0.838. The number of hydrogen-bond donors (Lipinski definition) is 2. The number of methoxy groups -OCH3 is 1. The molecule has 1 fully saturated rings. The van der Waals surface area contributed by atoms with E-state index in [1.165, 1.54) is 7.11 Å². The zero-order valence-corrected chi connectivity index (χ0v) is 11.0. The first-order valence-electron chi connectivity index (χ1n) is 5.77. The standard InChI is InChI=1S/C11H17N3O3S/c1-17-10-3-2-9(12)11(14-10)13-8-4-6-18(15,16)7-5-8/h2-3,8H,4-7,12H2,1H3,(H,13,14). The number of anilines is 2. The van der Waals surface area contributed by atoms with Crippen LogP contribution in [0.1, 0.15) is 12.8 Å². The van der Waals surface area contributed by atoms with Gasteiger partial charge in [0.2, 0.25) is 5.88 Å². The first-order valence-corrected chi connectivity index (χ1v) is 7.60. The van der Waals surface area contributed by atoms with E-state index in [1.54, 1.807) is 12.1 Å². The SMILES string of the molecule is COc1ccc(N)c(NC2CCS(=O)(=O)CC2)n1. The molecule has 1 aromatic heterocycles. The highest BCUT2D eigenvalue weighted by molar-refractivity contribution is 7.91. The molecular weight excluding hydrogens is 254 g/mol. The van der Waals surface area contributed by atoms with Gasteiger partial charge < -0.3 is 15.8 Å². The second-order valence-corrected chi connectivity index (χ2v) is 6.67. The van der Waals surface area contributed by atoms with Crippen LogP contribution >= 0.6 is 0 Å². The number of ether oxygens (including phenoxy) is 1. The molecule has 0 radical (unpaired) electrons. The van der Waals surface area contributed by atoms with Gasteiger partial charge >= 0.3 is 0 Å². The summed E-state index contributed by atoms with van der Waals surface area (Å²) in [6, 6.07) is 3.50. The molecular formula is C11H17N3O3S. The van der Waals surface area contributed by atoms with E-state index < -0.39 is 9.84 Å². The second-order valence-electron chi connectivity index (χ2n) is 4.36. The number of aromatic nitrogens is 1. The lowest BCUT2D eigenvalue weighted by atomic mass is 10.1. The molecule has 2 heterocycles. The van der Waals surface area contributed by atoms with Gasteiger partial charge in [-0.1, -0.05) is 0 Å². The summed E-state index contributed by atoms with van der Waals surface area (Å²) < 4.78 is 27.7. The summed E-state index contributed by atoms with van der Waals surface area (Å²) in [5, 5.41) is 3.18. The minimum atomic E-state index is -2.85. The van der Waals surface area contributed by atoms with Crippen molar-refractivity contribution in [3.8, 4) is 5.88 Å². The molecule has 0 amide bonds. The minimum Gasteiger partial charge on any atom is -0.481 e.